The van der Waals surface area contributed by atoms with Crippen LogP contribution >= 0.6 is 0 Å². The fourth-order valence-corrected chi connectivity index (χ4v) is 2.05. The molecule has 0 amide bonds. The summed E-state index contributed by atoms with van der Waals surface area (Å²) < 4.78 is 11.3. The van der Waals surface area contributed by atoms with Gasteiger partial charge in [-0.1, -0.05) is 30.3 Å². The summed E-state index contributed by atoms with van der Waals surface area (Å²) in [6, 6.07) is 15.6. The molecule has 106 valence electrons. The van der Waals surface area contributed by atoms with Crippen molar-refractivity contribution >= 4 is 0 Å². The van der Waals surface area contributed by atoms with Crippen molar-refractivity contribution in [2.75, 3.05) is 13.2 Å². The number of rotatable bonds is 6. The first-order valence-electron chi connectivity index (χ1n) is 6.87. The van der Waals surface area contributed by atoms with Gasteiger partial charge in [0.1, 0.15) is 18.1 Å². The van der Waals surface area contributed by atoms with E-state index in [1.54, 1.807) is 0 Å². The second kappa shape index (κ2) is 6.96. The fourth-order valence-electron chi connectivity index (χ4n) is 2.05. The highest BCUT2D eigenvalue weighted by Gasteiger charge is 2.12. The van der Waals surface area contributed by atoms with Gasteiger partial charge in [-0.2, -0.15) is 0 Å². The molecule has 0 aliphatic rings. The average molecular weight is 271 g/mol. The monoisotopic (exact) mass is 271 g/mol. The third-order valence-electron chi connectivity index (χ3n) is 3.04. The quantitative estimate of drug-likeness (QED) is 0.875. The van der Waals surface area contributed by atoms with Gasteiger partial charge >= 0.3 is 0 Å². The summed E-state index contributed by atoms with van der Waals surface area (Å²) >= 11 is 0. The topological polar surface area (TPSA) is 44.5 Å². The van der Waals surface area contributed by atoms with Gasteiger partial charge in [-0.15, -0.1) is 0 Å². The third kappa shape index (κ3) is 3.75. The van der Waals surface area contributed by atoms with Crippen molar-refractivity contribution in [3.63, 3.8) is 0 Å². The van der Waals surface area contributed by atoms with Crippen molar-refractivity contribution in [2.24, 2.45) is 5.73 Å². The molecule has 0 saturated carbocycles. The molecule has 0 bridgehead atoms. The van der Waals surface area contributed by atoms with Crippen molar-refractivity contribution in [1.29, 1.82) is 0 Å². The molecule has 3 heteroatoms. The van der Waals surface area contributed by atoms with Crippen LogP contribution in [0.5, 0.6) is 11.5 Å². The van der Waals surface area contributed by atoms with Gasteiger partial charge in [-0.3, -0.25) is 0 Å². The van der Waals surface area contributed by atoms with E-state index in [-0.39, 0.29) is 6.04 Å². The Labute approximate surface area is 120 Å². The van der Waals surface area contributed by atoms with Crippen LogP contribution < -0.4 is 15.2 Å². The van der Waals surface area contributed by atoms with E-state index in [1.165, 1.54) is 5.56 Å². The molecular formula is C17H21NO2. The summed E-state index contributed by atoms with van der Waals surface area (Å²) in [6.45, 7) is 5.05. The van der Waals surface area contributed by atoms with Crippen molar-refractivity contribution in [3.05, 3.63) is 59.7 Å². The van der Waals surface area contributed by atoms with Crippen LogP contribution in [0.2, 0.25) is 0 Å². The van der Waals surface area contributed by atoms with Crippen LogP contribution in [-0.4, -0.2) is 13.2 Å². The molecule has 0 aliphatic heterocycles. The van der Waals surface area contributed by atoms with E-state index in [2.05, 4.69) is 0 Å². The molecule has 0 heterocycles. The maximum atomic E-state index is 6.21. The van der Waals surface area contributed by atoms with Gasteiger partial charge in [0, 0.05) is 5.56 Å². The molecule has 20 heavy (non-hydrogen) atoms. The minimum atomic E-state index is -0.210. The average Bonchev–Trinajstić information content (AvgIpc) is 2.46. The molecule has 0 spiro atoms. The molecular weight excluding hydrogens is 250 g/mol. The molecule has 1 atom stereocenters. The molecule has 2 N–H and O–H groups in total. The number of hydrogen-bond donors (Lipinski definition) is 1. The molecule has 0 aromatic heterocycles. The van der Waals surface area contributed by atoms with Crippen LogP contribution in [0, 0.1) is 6.92 Å². The van der Waals surface area contributed by atoms with E-state index < -0.39 is 0 Å². The maximum absolute atomic E-state index is 6.21. The van der Waals surface area contributed by atoms with E-state index in [9.17, 15) is 0 Å². The van der Waals surface area contributed by atoms with E-state index in [4.69, 9.17) is 15.2 Å². The largest absolute Gasteiger partial charge is 0.494 e. The Hall–Kier alpha value is -2.00. The van der Waals surface area contributed by atoms with Crippen LogP contribution in [0.1, 0.15) is 24.1 Å². The molecule has 1 unspecified atom stereocenters. The van der Waals surface area contributed by atoms with Gasteiger partial charge in [0.15, 0.2) is 0 Å². The van der Waals surface area contributed by atoms with E-state index in [0.717, 1.165) is 17.1 Å². The Morgan fingerprint density at radius 1 is 1.05 bits per heavy atom. The van der Waals surface area contributed by atoms with Crippen LogP contribution in [0.15, 0.2) is 48.5 Å². The summed E-state index contributed by atoms with van der Waals surface area (Å²) in [6.07, 6.45) is 0. The smallest absolute Gasteiger partial charge is 0.124 e. The lowest BCUT2D eigenvalue weighted by Crippen LogP contribution is -2.20. The normalized spacial score (nSPS) is 11.9. The molecule has 2 aromatic rings. The fraction of sp³-hybridized carbons (Fsp3) is 0.294. The van der Waals surface area contributed by atoms with Crippen LogP contribution in [0.3, 0.4) is 0 Å². The number of ether oxygens (including phenoxy) is 2. The summed E-state index contributed by atoms with van der Waals surface area (Å²) in [5.41, 5.74) is 8.35. The second-order valence-corrected chi connectivity index (χ2v) is 4.70. The van der Waals surface area contributed by atoms with Gasteiger partial charge in [0.2, 0.25) is 0 Å². The van der Waals surface area contributed by atoms with Crippen LogP contribution in [-0.2, 0) is 0 Å². The predicted molar refractivity (Wildman–Crippen MR) is 81.2 cm³/mol. The lowest BCUT2D eigenvalue weighted by molar-refractivity contribution is 0.281. The van der Waals surface area contributed by atoms with Crippen molar-refractivity contribution in [1.82, 2.24) is 0 Å². The molecule has 0 radical (unpaired) electrons. The predicted octanol–water partition coefficient (Wildman–Crippen LogP) is 3.47. The Bertz CT molecular complexity index is 554. The highest BCUT2D eigenvalue weighted by molar-refractivity contribution is 5.36. The number of nitrogens with two attached hydrogens (primary N) is 1. The SMILES string of the molecule is CCOc1ccccc1C(N)COc1cccc(C)c1. The zero-order chi connectivity index (χ0) is 14.4. The Kier molecular flexibility index (Phi) is 5.02. The second-order valence-electron chi connectivity index (χ2n) is 4.70. The minimum absolute atomic E-state index is 0.210. The van der Waals surface area contributed by atoms with E-state index >= 15 is 0 Å². The van der Waals surface area contributed by atoms with Crippen molar-refractivity contribution < 1.29 is 9.47 Å². The molecule has 2 aromatic carbocycles. The van der Waals surface area contributed by atoms with Crippen LogP contribution in [0.4, 0.5) is 0 Å². The summed E-state index contributed by atoms with van der Waals surface area (Å²) in [5.74, 6) is 1.67. The van der Waals surface area contributed by atoms with Gasteiger partial charge in [0.25, 0.3) is 0 Å². The number of hydrogen-bond acceptors (Lipinski definition) is 3. The number of benzene rings is 2. The van der Waals surface area contributed by atoms with Gasteiger partial charge in [-0.25, -0.2) is 0 Å². The summed E-state index contributed by atoms with van der Waals surface area (Å²) in [4.78, 5) is 0. The zero-order valence-electron chi connectivity index (χ0n) is 12.0. The standard InChI is InChI=1S/C17H21NO2/c1-3-19-17-10-5-4-9-15(17)16(18)12-20-14-8-6-7-13(2)11-14/h4-11,16H,3,12,18H2,1-2H3. The highest BCUT2D eigenvalue weighted by atomic mass is 16.5. The molecule has 0 aliphatic carbocycles. The maximum Gasteiger partial charge on any atom is 0.124 e. The van der Waals surface area contributed by atoms with Gasteiger partial charge in [0.05, 0.1) is 12.6 Å². The first-order valence-corrected chi connectivity index (χ1v) is 6.87. The Balaban J connectivity index is 2.03. The number of para-hydroxylation sites is 1. The van der Waals surface area contributed by atoms with Gasteiger partial charge in [-0.05, 0) is 37.6 Å². The van der Waals surface area contributed by atoms with Gasteiger partial charge < -0.3 is 15.2 Å². The Morgan fingerprint density at radius 3 is 2.60 bits per heavy atom. The van der Waals surface area contributed by atoms with Crippen molar-refractivity contribution in [3.8, 4) is 11.5 Å². The van der Waals surface area contributed by atoms with Crippen molar-refractivity contribution in [2.45, 2.75) is 19.9 Å². The third-order valence-corrected chi connectivity index (χ3v) is 3.04. The molecule has 3 nitrogen and oxygen atoms in total. The van der Waals surface area contributed by atoms with E-state index in [0.29, 0.717) is 13.2 Å². The minimum Gasteiger partial charge on any atom is -0.494 e. The molecule has 2 rings (SSSR count). The summed E-state index contributed by atoms with van der Waals surface area (Å²) in [5, 5.41) is 0. The molecule has 0 fully saturated rings. The Morgan fingerprint density at radius 2 is 1.85 bits per heavy atom. The zero-order valence-corrected chi connectivity index (χ0v) is 12.0. The lowest BCUT2D eigenvalue weighted by atomic mass is 10.1. The first-order chi connectivity index (χ1) is 9.70. The molecule has 0 saturated heterocycles. The first kappa shape index (κ1) is 14.4. The highest BCUT2D eigenvalue weighted by Crippen LogP contribution is 2.24. The van der Waals surface area contributed by atoms with Crippen LogP contribution in [0.25, 0.3) is 0 Å². The van der Waals surface area contributed by atoms with E-state index in [1.807, 2.05) is 62.4 Å². The number of aryl methyl sites for hydroxylation is 1. The lowest BCUT2D eigenvalue weighted by Gasteiger charge is -2.17. The summed E-state index contributed by atoms with van der Waals surface area (Å²) in [7, 11) is 0.